The minimum absolute atomic E-state index is 0.789. The van der Waals surface area contributed by atoms with Crippen LogP contribution in [0.15, 0.2) is 12.3 Å². The molecule has 1 aliphatic rings. The monoisotopic (exact) mass is 243 g/mol. The molecule has 0 aliphatic carbocycles. The van der Waals surface area contributed by atoms with Crippen molar-refractivity contribution in [1.29, 1.82) is 0 Å². The standard InChI is InChI=1S/C10H17N3S2/c1-13-9(2-3-12-13)6-11-7-10-8-14-4-5-15-10/h2-3,10-11H,4-8H2,1H3. The van der Waals surface area contributed by atoms with Crippen molar-refractivity contribution in [3.05, 3.63) is 18.0 Å². The molecule has 1 atom stereocenters. The van der Waals surface area contributed by atoms with E-state index in [9.17, 15) is 0 Å². The van der Waals surface area contributed by atoms with Crippen LogP contribution in [0.4, 0.5) is 0 Å². The van der Waals surface area contributed by atoms with Crippen LogP contribution in [-0.4, -0.2) is 38.8 Å². The lowest BCUT2D eigenvalue weighted by atomic mass is 10.4. The fourth-order valence-corrected chi connectivity index (χ4v) is 4.24. The van der Waals surface area contributed by atoms with Crippen molar-refractivity contribution in [2.24, 2.45) is 7.05 Å². The Balaban J connectivity index is 1.68. The molecule has 0 amide bonds. The maximum Gasteiger partial charge on any atom is 0.0518 e. The van der Waals surface area contributed by atoms with E-state index in [1.54, 1.807) is 0 Å². The van der Waals surface area contributed by atoms with E-state index in [-0.39, 0.29) is 0 Å². The zero-order valence-electron chi connectivity index (χ0n) is 8.98. The molecule has 1 fully saturated rings. The first-order valence-corrected chi connectivity index (χ1v) is 7.43. The first-order chi connectivity index (χ1) is 7.36. The molecule has 1 aromatic rings. The van der Waals surface area contributed by atoms with Gasteiger partial charge in [0, 0.05) is 48.8 Å². The summed E-state index contributed by atoms with van der Waals surface area (Å²) in [6.07, 6.45) is 1.85. The van der Waals surface area contributed by atoms with Crippen LogP contribution in [0.5, 0.6) is 0 Å². The SMILES string of the molecule is Cn1nccc1CNCC1CSCCS1. The van der Waals surface area contributed by atoms with E-state index in [0.29, 0.717) is 0 Å². The van der Waals surface area contributed by atoms with Crippen molar-refractivity contribution in [2.75, 3.05) is 23.8 Å². The number of aryl methyl sites for hydroxylation is 1. The van der Waals surface area contributed by atoms with Gasteiger partial charge < -0.3 is 5.32 Å². The molecule has 84 valence electrons. The average molecular weight is 243 g/mol. The smallest absolute Gasteiger partial charge is 0.0518 e. The molecule has 2 heterocycles. The van der Waals surface area contributed by atoms with Gasteiger partial charge in [0.2, 0.25) is 0 Å². The summed E-state index contributed by atoms with van der Waals surface area (Å²) in [6, 6.07) is 2.07. The first-order valence-electron chi connectivity index (χ1n) is 5.23. The third-order valence-electron chi connectivity index (χ3n) is 2.49. The predicted molar refractivity (Wildman–Crippen MR) is 68.5 cm³/mol. The van der Waals surface area contributed by atoms with Crippen LogP contribution >= 0.6 is 23.5 Å². The van der Waals surface area contributed by atoms with Gasteiger partial charge in [0.1, 0.15) is 0 Å². The second-order valence-electron chi connectivity index (χ2n) is 3.64. The van der Waals surface area contributed by atoms with E-state index < -0.39 is 0 Å². The zero-order valence-corrected chi connectivity index (χ0v) is 10.6. The van der Waals surface area contributed by atoms with Gasteiger partial charge in [0.15, 0.2) is 0 Å². The van der Waals surface area contributed by atoms with Crippen molar-refractivity contribution >= 4 is 23.5 Å². The van der Waals surface area contributed by atoms with Crippen LogP contribution in [0.3, 0.4) is 0 Å². The van der Waals surface area contributed by atoms with Gasteiger partial charge in [0.25, 0.3) is 0 Å². The third kappa shape index (κ3) is 3.43. The van der Waals surface area contributed by atoms with Crippen molar-refractivity contribution in [1.82, 2.24) is 15.1 Å². The van der Waals surface area contributed by atoms with Gasteiger partial charge in [-0.05, 0) is 6.07 Å². The summed E-state index contributed by atoms with van der Waals surface area (Å²) in [7, 11) is 1.99. The minimum Gasteiger partial charge on any atom is -0.310 e. The lowest BCUT2D eigenvalue weighted by molar-refractivity contribution is 0.626. The minimum atomic E-state index is 0.789. The molecular formula is C10H17N3S2. The van der Waals surface area contributed by atoms with Crippen molar-refractivity contribution < 1.29 is 0 Å². The number of aromatic nitrogens is 2. The van der Waals surface area contributed by atoms with E-state index in [1.807, 2.05) is 17.9 Å². The third-order valence-corrected chi connectivity index (χ3v) is 5.33. The predicted octanol–water partition coefficient (Wildman–Crippen LogP) is 1.36. The largest absolute Gasteiger partial charge is 0.310 e. The van der Waals surface area contributed by atoms with E-state index in [0.717, 1.165) is 18.3 Å². The molecule has 1 aromatic heterocycles. The van der Waals surface area contributed by atoms with Crippen LogP contribution < -0.4 is 5.32 Å². The molecule has 1 saturated heterocycles. The number of hydrogen-bond donors (Lipinski definition) is 1. The molecule has 0 radical (unpaired) electrons. The van der Waals surface area contributed by atoms with Gasteiger partial charge in [-0.25, -0.2) is 0 Å². The lowest BCUT2D eigenvalue weighted by Gasteiger charge is -2.21. The Morgan fingerprint density at radius 2 is 2.53 bits per heavy atom. The number of thioether (sulfide) groups is 2. The van der Waals surface area contributed by atoms with Crippen LogP contribution in [0.2, 0.25) is 0 Å². The summed E-state index contributed by atoms with van der Waals surface area (Å²) in [6.45, 7) is 2.04. The number of rotatable bonds is 4. The Hall–Kier alpha value is -0.130. The fourth-order valence-electron chi connectivity index (χ4n) is 1.59. The summed E-state index contributed by atoms with van der Waals surface area (Å²) in [4.78, 5) is 0. The highest BCUT2D eigenvalue weighted by molar-refractivity contribution is 8.06. The van der Waals surface area contributed by atoms with Gasteiger partial charge in [0.05, 0.1) is 5.69 Å². The Morgan fingerprint density at radius 3 is 3.20 bits per heavy atom. The zero-order chi connectivity index (χ0) is 10.5. The topological polar surface area (TPSA) is 29.9 Å². The van der Waals surface area contributed by atoms with Gasteiger partial charge in [-0.1, -0.05) is 0 Å². The van der Waals surface area contributed by atoms with Gasteiger partial charge >= 0.3 is 0 Å². The Bertz CT molecular complexity index is 295. The Labute approximate surface area is 99.4 Å². The molecule has 0 saturated carbocycles. The fraction of sp³-hybridized carbons (Fsp3) is 0.700. The second kappa shape index (κ2) is 5.82. The van der Waals surface area contributed by atoms with Gasteiger partial charge in [-0.3, -0.25) is 4.68 Å². The Morgan fingerprint density at radius 1 is 1.60 bits per heavy atom. The van der Waals surface area contributed by atoms with E-state index in [4.69, 9.17) is 0 Å². The summed E-state index contributed by atoms with van der Waals surface area (Å²) in [5.74, 6) is 3.93. The Kier molecular flexibility index (Phi) is 4.41. The van der Waals surface area contributed by atoms with E-state index in [1.165, 1.54) is 23.0 Å². The molecule has 1 unspecified atom stereocenters. The molecule has 0 bridgehead atoms. The van der Waals surface area contributed by atoms with Crippen LogP contribution in [0.1, 0.15) is 5.69 Å². The normalized spacial score (nSPS) is 21.8. The summed E-state index contributed by atoms with van der Waals surface area (Å²) in [5, 5.41) is 8.44. The second-order valence-corrected chi connectivity index (χ2v) is 6.20. The lowest BCUT2D eigenvalue weighted by Crippen LogP contribution is -2.29. The maximum atomic E-state index is 4.15. The molecule has 5 heteroatoms. The van der Waals surface area contributed by atoms with Crippen LogP contribution in [0.25, 0.3) is 0 Å². The summed E-state index contributed by atoms with van der Waals surface area (Å²) < 4.78 is 1.93. The number of nitrogens with zero attached hydrogens (tertiary/aromatic N) is 2. The molecular weight excluding hydrogens is 226 g/mol. The molecule has 1 N–H and O–H groups in total. The molecule has 2 rings (SSSR count). The first kappa shape index (κ1) is 11.4. The highest BCUT2D eigenvalue weighted by Gasteiger charge is 2.13. The van der Waals surface area contributed by atoms with Crippen molar-refractivity contribution in [3.63, 3.8) is 0 Å². The number of nitrogens with one attached hydrogen (secondary N) is 1. The molecule has 0 aromatic carbocycles. The van der Waals surface area contributed by atoms with E-state index in [2.05, 4.69) is 40.0 Å². The molecule has 3 nitrogen and oxygen atoms in total. The van der Waals surface area contributed by atoms with Gasteiger partial charge in [-0.15, -0.1) is 0 Å². The van der Waals surface area contributed by atoms with E-state index >= 15 is 0 Å². The highest BCUT2D eigenvalue weighted by atomic mass is 32.2. The highest BCUT2D eigenvalue weighted by Crippen LogP contribution is 2.23. The summed E-state index contributed by atoms with van der Waals surface area (Å²) in [5.41, 5.74) is 1.25. The van der Waals surface area contributed by atoms with Gasteiger partial charge in [-0.2, -0.15) is 28.6 Å². The molecule has 1 aliphatic heterocycles. The molecule has 15 heavy (non-hydrogen) atoms. The van der Waals surface area contributed by atoms with Crippen LogP contribution in [-0.2, 0) is 13.6 Å². The summed E-state index contributed by atoms with van der Waals surface area (Å²) >= 11 is 4.17. The van der Waals surface area contributed by atoms with Crippen molar-refractivity contribution in [3.8, 4) is 0 Å². The maximum absolute atomic E-state index is 4.15. The quantitative estimate of drug-likeness (QED) is 0.865. The molecule has 0 spiro atoms. The van der Waals surface area contributed by atoms with Crippen molar-refractivity contribution in [2.45, 2.75) is 11.8 Å². The number of hydrogen-bond acceptors (Lipinski definition) is 4. The van der Waals surface area contributed by atoms with Crippen LogP contribution in [0, 0.1) is 0 Å². The average Bonchev–Trinajstić information content (AvgIpc) is 2.66.